The second-order valence-electron chi connectivity index (χ2n) is 9.06. The molecule has 1 aromatic heterocycles. The minimum Gasteiger partial charge on any atom is -0.496 e. The Morgan fingerprint density at radius 2 is 1.91 bits per heavy atom. The maximum atomic E-state index is 13.3. The molecule has 1 saturated heterocycles. The Kier molecular flexibility index (Phi) is 6.21. The fraction of sp³-hybridized carbons (Fsp3) is 0.333. The highest BCUT2D eigenvalue weighted by Crippen LogP contribution is 2.35. The number of benzene rings is 2. The number of fused-ring (bicyclic) bond motifs is 1. The van der Waals surface area contributed by atoms with Gasteiger partial charge in [0, 0.05) is 23.5 Å². The minimum atomic E-state index is -0.296. The molecule has 3 heterocycles. The van der Waals surface area contributed by atoms with Gasteiger partial charge >= 0.3 is 0 Å². The van der Waals surface area contributed by atoms with E-state index in [9.17, 15) is 4.79 Å². The van der Waals surface area contributed by atoms with E-state index in [1.165, 1.54) is 0 Å². The van der Waals surface area contributed by atoms with Crippen LogP contribution in [0.1, 0.15) is 43.3 Å². The van der Waals surface area contributed by atoms with Crippen LogP contribution in [0.5, 0.6) is 11.5 Å². The van der Waals surface area contributed by atoms with Gasteiger partial charge in [-0.1, -0.05) is 18.2 Å². The van der Waals surface area contributed by atoms with Crippen LogP contribution in [-0.4, -0.2) is 40.1 Å². The first-order chi connectivity index (χ1) is 16.9. The summed E-state index contributed by atoms with van der Waals surface area (Å²) in [6, 6.07) is 15.3. The molecule has 1 amide bonds. The van der Waals surface area contributed by atoms with Gasteiger partial charge in [0.25, 0.3) is 5.91 Å². The van der Waals surface area contributed by atoms with Gasteiger partial charge in [-0.05, 0) is 57.5 Å². The van der Waals surface area contributed by atoms with E-state index in [0.29, 0.717) is 24.6 Å². The van der Waals surface area contributed by atoms with Gasteiger partial charge in [0.15, 0.2) is 0 Å². The maximum Gasteiger partial charge on any atom is 0.251 e. The number of carbonyl (C=O) groups excluding carboxylic acids is 1. The Morgan fingerprint density at radius 3 is 2.66 bits per heavy atom. The van der Waals surface area contributed by atoms with Crippen LogP contribution in [-0.2, 0) is 11.3 Å². The number of aryl methyl sites for hydroxylation is 1. The second-order valence-corrected chi connectivity index (χ2v) is 9.06. The number of amides is 1. The van der Waals surface area contributed by atoms with Crippen molar-refractivity contribution >= 4 is 5.91 Å². The van der Waals surface area contributed by atoms with Crippen LogP contribution in [0.2, 0.25) is 0 Å². The third kappa shape index (κ3) is 4.61. The first-order valence-electron chi connectivity index (χ1n) is 11.8. The molecule has 2 unspecified atom stereocenters. The van der Waals surface area contributed by atoms with E-state index >= 15 is 0 Å². The number of hydrogen-bond donors (Lipinski definition) is 1. The molecule has 182 valence electrons. The zero-order valence-electron chi connectivity index (χ0n) is 20.4. The van der Waals surface area contributed by atoms with Crippen LogP contribution in [0.25, 0.3) is 11.5 Å². The van der Waals surface area contributed by atoms with Crippen LogP contribution < -0.4 is 14.9 Å². The van der Waals surface area contributed by atoms with Crippen molar-refractivity contribution in [2.45, 2.75) is 51.9 Å². The summed E-state index contributed by atoms with van der Waals surface area (Å²) in [6.07, 6.45) is 4.46. The molecular weight excluding hydrogens is 444 g/mol. The number of hydrazine groups is 1. The molecule has 8 heteroatoms. The fourth-order valence-electron chi connectivity index (χ4n) is 4.53. The quantitative estimate of drug-likeness (QED) is 0.537. The standard InChI is InChI=1S/C27H30N4O4/c1-17(2)34-20-11-9-19(10-12-20)26-28-23(18(3)35-26)16-30-13-14-31-24(27(30)32)15-22(29-31)21-7-5-6-8-25(21)33-4/h5-14,17,22,24,29H,15-16H2,1-4H3. The van der Waals surface area contributed by atoms with Gasteiger partial charge < -0.3 is 23.8 Å². The summed E-state index contributed by atoms with van der Waals surface area (Å²) in [7, 11) is 1.66. The van der Waals surface area contributed by atoms with E-state index in [0.717, 1.165) is 28.3 Å². The molecule has 8 nitrogen and oxygen atoms in total. The summed E-state index contributed by atoms with van der Waals surface area (Å²) in [6.45, 7) is 6.21. The molecule has 0 saturated carbocycles. The molecule has 0 radical (unpaired) electrons. The number of rotatable bonds is 7. The Hall–Kier alpha value is -3.78. The Morgan fingerprint density at radius 1 is 1.14 bits per heavy atom. The molecule has 2 aliphatic rings. The second kappa shape index (κ2) is 9.46. The van der Waals surface area contributed by atoms with Crippen LogP contribution in [0, 0.1) is 6.92 Å². The average Bonchev–Trinajstić information content (AvgIpc) is 3.45. The van der Waals surface area contributed by atoms with Crippen molar-refractivity contribution in [3.63, 3.8) is 0 Å². The third-order valence-corrected chi connectivity index (χ3v) is 6.28. The molecule has 1 N–H and O–H groups in total. The van der Waals surface area contributed by atoms with Gasteiger partial charge in [-0.3, -0.25) is 4.79 Å². The third-order valence-electron chi connectivity index (χ3n) is 6.28. The highest BCUT2D eigenvalue weighted by molar-refractivity contribution is 5.84. The lowest BCUT2D eigenvalue weighted by Crippen LogP contribution is -2.47. The fourth-order valence-corrected chi connectivity index (χ4v) is 4.53. The first-order valence-corrected chi connectivity index (χ1v) is 11.8. The molecule has 0 bridgehead atoms. The van der Waals surface area contributed by atoms with Crippen LogP contribution in [0.15, 0.2) is 65.3 Å². The topological polar surface area (TPSA) is 80.1 Å². The van der Waals surface area contributed by atoms with E-state index < -0.39 is 0 Å². The molecule has 2 aromatic carbocycles. The monoisotopic (exact) mass is 474 g/mol. The lowest BCUT2D eigenvalue weighted by Gasteiger charge is -2.31. The summed E-state index contributed by atoms with van der Waals surface area (Å²) < 4.78 is 17.2. The maximum absolute atomic E-state index is 13.3. The van der Waals surface area contributed by atoms with E-state index in [-0.39, 0.29) is 24.1 Å². The number of carbonyl (C=O) groups is 1. The predicted octanol–water partition coefficient (Wildman–Crippen LogP) is 4.58. The van der Waals surface area contributed by atoms with Crippen molar-refractivity contribution < 1.29 is 18.7 Å². The van der Waals surface area contributed by atoms with Crippen molar-refractivity contribution in [1.82, 2.24) is 20.3 Å². The predicted molar refractivity (Wildman–Crippen MR) is 131 cm³/mol. The van der Waals surface area contributed by atoms with Crippen LogP contribution >= 0.6 is 0 Å². The SMILES string of the molecule is COc1ccccc1C1CC2C(=O)N(Cc3nc(-c4ccc(OC(C)C)cc4)oc3C)C=CN2N1. The number of aromatic nitrogens is 1. The average molecular weight is 475 g/mol. The summed E-state index contributed by atoms with van der Waals surface area (Å²) in [5.74, 6) is 2.87. The van der Waals surface area contributed by atoms with Crippen LogP contribution in [0.4, 0.5) is 0 Å². The zero-order valence-corrected chi connectivity index (χ0v) is 20.4. The first kappa shape index (κ1) is 23.0. The Balaban J connectivity index is 1.29. The lowest BCUT2D eigenvalue weighted by molar-refractivity contribution is -0.135. The van der Waals surface area contributed by atoms with Crippen molar-refractivity contribution in [1.29, 1.82) is 0 Å². The number of para-hydroxylation sites is 1. The number of ether oxygens (including phenoxy) is 2. The minimum absolute atomic E-state index is 0.00673. The number of oxazole rings is 1. The molecule has 3 aromatic rings. The van der Waals surface area contributed by atoms with Gasteiger partial charge in [0.1, 0.15) is 29.0 Å². The summed E-state index contributed by atoms with van der Waals surface area (Å²) in [5.41, 5.74) is 6.07. The van der Waals surface area contributed by atoms with Crippen molar-refractivity contribution in [2.75, 3.05) is 7.11 Å². The number of methoxy groups -OCH3 is 1. The number of nitrogens with one attached hydrogen (secondary N) is 1. The molecule has 5 rings (SSSR count). The van der Waals surface area contributed by atoms with Gasteiger partial charge in [-0.25, -0.2) is 10.4 Å². The van der Waals surface area contributed by atoms with Crippen molar-refractivity contribution in [3.05, 3.63) is 77.9 Å². The summed E-state index contributed by atoms with van der Waals surface area (Å²) in [4.78, 5) is 19.7. The summed E-state index contributed by atoms with van der Waals surface area (Å²) >= 11 is 0. The molecule has 35 heavy (non-hydrogen) atoms. The molecule has 0 spiro atoms. The van der Waals surface area contributed by atoms with Gasteiger partial charge in [-0.2, -0.15) is 0 Å². The highest BCUT2D eigenvalue weighted by Gasteiger charge is 2.41. The lowest BCUT2D eigenvalue weighted by atomic mass is 10.00. The summed E-state index contributed by atoms with van der Waals surface area (Å²) in [5, 5.41) is 1.89. The van der Waals surface area contributed by atoms with Gasteiger partial charge in [0.2, 0.25) is 5.89 Å². The Bertz CT molecular complexity index is 1230. The van der Waals surface area contributed by atoms with E-state index in [4.69, 9.17) is 13.9 Å². The molecule has 1 fully saturated rings. The van der Waals surface area contributed by atoms with Crippen LogP contribution in [0.3, 0.4) is 0 Å². The smallest absolute Gasteiger partial charge is 0.251 e. The molecule has 2 atom stereocenters. The van der Waals surface area contributed by atoms with Crippen molar-refractivity contribution in [3.8, 4) is 23.0 Å². The molecule has 2 aliphatic heterocycles. The van der Waals surface area contributed by atoms with Gasteiger partial charge in [0.05, 0.1) is 25.8 Å². The van der Waals surface area contributed by atoms with E-state index in [2.05, 4.69) is 10.4 Å². The van der Waals surface area contributed by atoms with Crippen molar-refractivity contribution in [2.24, 2.45) is 0 Å². The van der Waals surface area contributed by atoms with Gasteiger partial charge in [-0.15, -0.1) is 0 Å². The largest absolute Gasteiger partial charge is 0.496 e. The molecule has 0 aliphatic carbocycles. The zero-order chi connectivity index (χ0) is 24.5. The molecular formula is C27H30N4O4. The van der Waals surface area contributed by atoms with E-state index in [1.807, 2.05) is 80.5 Å². The number of hydrogen-bond acceptors (Lipinski definition) is 7. The Labute approximate surface area is 205 Å². The van der Waals surface area contributed by atoms with E-state index in [1.54, 1.807) is 18.2 Å². The number of nitrogens with zero attached hydrogens (tertiary/aromatic N) is 3. The highest BCUT2D eigenvalue weighted by atomic mass is 16.5. The normalized spacial score (nSPS) is 19.4.